The van der Waals surface area contributed by atoms with Crippen LogP contribution in [0.25, 0.3) is 0 Å². The number of hydrogen-bond donors (Lipinski definition) is 0. The highest BCUT2D eigenvalue weighted by atomic mass is 19.1. The van der Waals surface area contributed by atoms with E-state index in [0.29, 0.717) is 11.5 Å². The zero-order valence-corrected chi connectivity index (χ0v) is 11.4. The molecule has 0 amide bonds. The van der Waals surface area contributed by atoms with E-state index in [-0.39, 0.29) is 12.2 Å². The summed E-state index contributed by atoms with van der Waals surface area (Å²) >= 11 is 0. The first-order chi connectivity index (χ1) is 9.61. The molecule has 4 heteroatoms. The van der Waals surface area contributed by atoms with E-state index in [4.69, 9.17) is 9.47 Å². The standard InChI is InChI=1S/C16H15FO3/c1-11-7-8-15(16(9-11)19-2)20-10-14(18)12-5-3-4-6-13(12)17/h3-9H,10H2,1-2H3. The number of hydrogen-bond acceptors (Lipinski definition) is 3. The normalized spacial score (nSPS) is 10.2. The van der Waals surface area contributed by atoms with Crippen LogP contribution in [-0.4, -0.2) is 19.5 Å². The van der Waals surface area contributed by atoms with Crippen LogP contribution in [0.5, 0.6) is 11.5 Å². The molecule has 0 aliphatic carbocycles. The SMILES string of the molecule is COc1cc(C)ccc1OCC(=O)c1ccccc1F. The fourth-order valence-electron chi connectivity index (χ4n) is 1.80. The average Bonchev–Trinajstić information content (AvgIpc) is 2.46. The number of ketones is 1. The van der Waals surface area contributed by atoms with Gasteiger partial charge >= 0.3 is 0 Å². The summed E-state index contributed by atoms with van der Waals surface area (Å²) in [5.74, 6) is 0.0526. The third-order valence-electron chi connectivity index (χ3n) is 2.85. The van der Waals surface area contributed by atoms with Crippen LogP contribution in [0.3, 0.4) is 0 Å². The largest absolute Gasteiger partial charge is 0.493 e. The van der Waals surface area contributed by atoms with Crippen molar-refractivity contribution in [2.75, 3.05) is 13.7 Å². The van der Waals surface area contributed by atoms with Crippen molar-refractivity contribution >= 4 is 5.78 Å². The Kier molecular flexibility index (Phi) is 4.35. The number of Topliss-reactive ketones (excluding diaryl/α,β-unsaturated/α-hetero) is 1. The lowest BCUT2D eigenvalue weighted by molar-refractivity contribution is 0.0915. The minimum Gasteiger partial charge on any atom is -0.493 e. The van der Waals surface area contributed by atoms with Crippen molar-refractivity contribution in [2.45, 2.75) is 6.92 Å². The number of carbonyl (C=O) groups is 1. The summed E-state index contributed by atoms with van der Waals surface area (Å²) in [6.07, 6.45) is 0. The molecule has 0 saturated carbocycles. The van der Waals surface area contributed by atoms with Crippen LogP contribution >= 0.6 is 0 Å². The van der Waals surface area contributed by atoms with E-state index in [0.717, 1.165) is 5.56 Å². The molecule has 0 atom stereocenters. The van der Waals surface area contributed by atoms with Gasteiger partial charge in [-0.3, -0.25) is 4.79 Å². The van der Waals surface area contributed by atoms with Crippen LogP contribution in [0, 0.1) is 12.7 Å². The Morgan fingerprint density at radius 1 is 1.15 bits per heavy atom. The quantitative estimate of drug-likeness (QED) is 0.784. The van der Waals surface area contributed by atoms with Gasteiger partial charge in [-0.25, -0.2) is 4.39 Å². The van der Waals surface area contributed by atoms with Crippen molar-refractivity contribution in [1.29, 1.82) is 0 Å². The summed E-state index contributed by atoms with van der Waals surface area (Å²) < 4.78 is 24.1. The van der Waals surface area contributed by atoms with Gasteiger partial charge in [-0.05, 0) is 36.8 Å². The lowest BCUT2D eigenvalue weighted by Crippen LogP contribution is -2.13. The minimum atomic E-state index is -0.544. The van der Waals surface area contributed by atoms with Gasteiger partial charge < -0.3 is 9.47 Å². The summed E-state index contributed by atoms with van der Waals surface area (Å²) in [5, 5.41) is 0. The molecule has 0 radical (unpaired) electrons. The second-order valence-electron chi connectivity index (χ2n) is 4.35. The zero-order valence-electron chi connectivity index (χ0n) is 11.4. The summed E-state index contributed by atoms with van der Waals surface area (Å²) in [5.41, 5.74) is 1.05. The molecule has 2 aromatic carbocycles. The van der Waals surface area contributed by atoms with E-state index in [1.807, 2.05) is 19.1 Å². The van der Waals surface area contributed by atoms with Crippen LogP contribution in [-0.2, 0) is 0 Å². The van der Waals surface area contributed by atoms with Gasteiger partial charge in [0.05, 0.1) is 12.7 Å². The van der Waals surface area contributed by atoms with Gasteiger partial charge in [-0.15, -0.1) is 0 Å². The molecule has 104 valence electrons. The van der Waals surface area contributed by atoms with Crippen molar-refractivity contribution in [3.63, 3.8) is 0 Å². The Hall–Kier alpha value is -2.36. The third kappa shape index (κ3) is 3.15. The summed E-state index contributed by atoms with van der Waals surface area (Å²) in [6.45, 7) is 1.69. The number of aryl methyl sites for hydroxylation is 1. The monoisotopic (exact) mass is 274 g/mol. The first-order valence-electron chi connectivity index (χ1n) is 6.17. The maximum absolute atomic E-state index is 13.5. The topological polar surface area (TPSA) is 35.5 Å². The first kappa shape index (κ1) is 14.1. The molecule has 0 aromatic heterocycles. The number of benzene rings is 2. The average molecular weight is 274 g/mol. The maximum Gasteiger partial charge on any atom is 0.203 e. The van der Waals surface area contributed by atoms with Gasteiger partial charge in [0, 0.05) is 0 Å². The van der Waals surface area contributed by atoms with Crippen molar-refractivity contribution < 1.29 is 18.7 Å². The van der Waals surface area contributed by atoms with Crippen LogP contribution in [0.15, 0.2) is 42.5 Å². The molecule has 0 spiro atoms. The summed E-state index contributed by atoms with van der Waals surface area (Å²) in [4.78, 5) is 11.9. The van der Waals surface area contributed by atoms with Gasteiger partial charge in [-0.1, -0.05) is 18.2 Å². The Morgan fingerprint density at radius 3 is 2.60 bits per heavy atom. The smallest absolute Gasteiger partial charge is 0.203 e. The van der Waals surface area contributed by atoms with Gasteiger partial charge in [0.2, 0.25) is 5.78 Å². The molecule has 0 unspecified atom stereocenters. The predicted octanol–water partition coefficient (Wildman–Crippen LogP) is 3.40. The number of methoxy groups -OCH3 is 1. The van der Waals surface area contributed by atoms with E-state index in [1.54, 1.807) is 12.1 Å². The van der Waals surface area contributed by atoms with Crippen molar-refractivity contribution in [3.8, 4) is 11.5 Å². The van der Waals surface area contributed by atoms with E-state index in [9.17, 15) is 9.18 Å². The van der Waals surface area contributed by atoms with Crippen LogP contribution in [0.1, 0.15) is 15.9 Å². The van der Waals surface area contributed by atoms with E-state index in [1.165, 1.54) is 25.3 Å². The second kappa shape index (κ2) is 6.19. The molecule has 2 aromatic rings. The zero-order chi connectivity index (χ0) is 14.5. The molecule has 3 nitrogen and oxygen atoms in total. The molecule has 20 heavy (non-hydrogen) atoms. The third-order valence-corrected chi connectivity index (χ3v) is 2.85. The van der Waals surface area contributed by atoms with Gasteiger partial charge in [0.1, 0.15) is 5.82 Å². The molecule has 0 heterocycles. The lowest BCUT2D eigenvalue weighted by Gasteiger charge is -2.11. The highest BCUT2D eigenvalue weighted by Gasteiger charge is 2.13. The number of carbonyl (C=O) groups excluding carboxylic acids is 1. The summed E-state index contributed by atoms with van der Waals surface area (Å²) in [7, 11) is 1.53. The molecular formula is C16H15FO3. The minimum absolute atomic E-state index is 0.0265. The first-order valence-corrected chi connectivity index (χ1v) is 6.17. The molecule has 0 aliphatic heterocycles. The molecule has 0 aliphatic rings. The second-order valence-corrected chi connectivity index (χ2v) is 4.35. The Bertz CT molecular complexity index is 623. The van der Waals surface area contributed by atoms with Crippen molar-refractivity contribution in [1.82, 2.24) is 0 Å². The fraction of sp³-hybridized carbons (Fsp3) is 0.188. The fourth-order valence-corrected chi connectivity index (χ4v) is 1.80. The van der Waals surface area contributed by atoms with Crippen LogP contribution in [0.2, 0.25) is 0 Å². The van der Waals surface area contributed by atoms with E-state index < -0.39 is 11.6 Å². The highest BCUT2D eigenvalue weighted by Crippen LogP contribution is 2.27. The Morgan fingerprint density at radius 2 is 1.90 bits per heavy atom. The number of rotatable bonds is 5. The highest BCUT2D eigenvalue weighted by molar-refractivity contribution is 5.97. The van der Waals surface area contributed by atoms with Gasteiger partial charge in [0.25, 0.3) is 0 Å². The molecule has 0 saturated heterocycles. The lowest BCUT2D eigenvalue weighted by atomic mass is 10.1. The van der Waals surface area contributed by atoms with Gasteiger partial charge in [-0.2, -0.15) is 0 Å². The number of halogens is 1. The van der Waals surface area contributed by atoms with E-state index >= 15 is 0 Å². The number of ether oxygens (including phenoxy) is 2. The molecule has 0 fully saturated rings. The van der Waals surface area contributed by atoms with Crippen LogP contribution in [0.4, 0.5) is 4.39 Å². The summed E-state index contributed by atoms with van der Waals surface area (Å²) in [6, 6.07) is 11.2. The molecule has 2 rings (SSSR count). The van der Waals surface area contributed by atoms with E-state index in [2.05, 4.69) is 0 Å². The molecule has 0 bridgehead atoms. The predicted molar refractivity (Wildman–Crippen MR) is 74.0 cm³/mol. The Labute approximate surface area is 117 Å². The maximum atomic E-state index is 13.5. The Balaban J connectivity index is 2.09. The molecular weight excluding hydrogens is 259 g/mol. The molecule has 0 N–H and O–H groups in total. The van der Waals surface area contributed by atoms with Crippen molar-refractivity contribution in [3.05, 3.63) is 59.4 Å². The van der Waals surface area contributed by atoms with Gasteiger partial charge in [0.15, 0.2) is 18.1 Å². The van der Waals surface area contributed by atoms with Crippen LogP contribution < -0.4 is 9.47 Å². The van der Waals surface area contributed by atoms with Crippen molar-refractivity contribution in [2.24, 2.45) is 0 Å².